The lowest BCUT2D eigenvalue weighted by molar-refractivity contribution is 0.251. The Morgan fingerprint density at radius 1 is 1.24 bits per heavy atom. The molecule has 114 valence electrons. The van der Waals surface area contributed by atoms with Crippen molar-refractivity contribution in [2.24, 2.45) is 0 Å². The number of hydrogen-bond acceptors (Lipinski definition) is 4. The number of aliphatic hydroxyl groups is 1. The predicted molar refractivity (Wildman–Crippen MR) is 80.7 cm³/mol. The van der Waals surface area contributed by atoms with Gasteiger partial charge < -0.3 is 14.8 Å². The lowest BCUT2D eigenvalue weighted by Gasteiger charge is -2.08. The van der Waals surface area contributed by atoms with Crippen LogP contribution in [-0.4, -0.2) is 10.9 Å². The van der Waals surface area contributed by atoms with E-state index in [0.29, 0.717) is 40.5 Å². The van der Waals surface area contributed by atoms with Crippen LogP contribution in [0.15, 0.2) is 34.7 Å². The van der Waals surface area contributed by atoms with E-state index in [4.69, 9.17) is 21.1 Å². The maximum absolute atomic E-state index is 12.1. The second kappa shape index (κ2) is 7.68. The molecule has 21 heavy (non-hydrogen) atoms. The highest BCUT2D eigenvalue weighted by atomic mass is 35.5. The standard InChI is InChI=1S/C14H14ClF2NO2S/c15-12-4-1-9(7-19)5-13(12)18-6-10-2-3-11(20-10)8-21-14(16)17/h1-5,14,18-19H,6-8H2. The third-order valence-electron chi connectivity index (χ3n) is 2.74. The molecule has 0 atom stereocenters. The average molecular weight is 334 g/mol. The SMILES string of the molecule is OCc1ccc(Cl)c(NCc2ccc(CSC(F)F)o2)c1. The van der Waals surface area contributed by atoms with Crippen molar-refractivity contribution in [2.45, 2.75) is 24.7 Å². The molecule has 0 saturated carbocycles. The van der Waals surface area contributed by atoms with Gasteiger partial charge in [0, 0.05) is 0 Å². The lowest BCUT2D eigenvalue weighted by atomic mass is 10.2. The van der Waals surface area contributed by atoms with Gasteiger partial charge in [-0.1, -0.05) is 29.4 Å². The van der Waals surface area contributed by atoms with Gasteiger partial charge in [0.1, 0.15) is 11.5 Å². The van der Waals surface area contributed by atoms with Crippen LogP contribution in [0.3, 0.4) is 0 Å². The number of alkyl halides is 2. The molecule has 0 fully saturated rings. The van der Waals surface area contributed by atoms with Gasteiger partial charge in [-0.15, -0.1) is 0 Å². The second-order valence-corrected chi connectivity index (χ2v) is 5.65. The Morgan fingerprint density at radius 2 is 2.00 bits per heavy atom. The number of rotatable bonds is 7. The monoisotopic (exact) mass is 333 g/mol. The molecule has 0 unspecified atom stereocenters. The van der Waals surface area contributed by atoms with Crippen molar-refractivity contribution in [1.82, 2.24) is 0 Å². The maximum Gasteiger partial charge on any atom is 0.284 e. The molecule has 0 aliphatic heterocycles. The number of benzene rings is 1. The van der Waals surface area contributed by atoms with Gasteiger partial charge in [0.2, 0.25) is 0 Å². The zero-order valence-electron chi connectivity index (χ0n) is 11.0. The fourth-order valence-electron chi connectivity index (χ4n) is 1.73. The van der Waals surface area contributed by atoms with Gasteiger partial charge in [-0.05, 0) is 29.8 Å². The molecule has 3 nitrogen and oxygen atoms in total. The highest BCUT2D eigenvalue weighted by molar-refractivity contribution is 7.98. The van der Waals surface area contributed by atoms with Crippen LogP contribution in [0.25, 0.3) is 0 Å². The second-order valence-electron chi connectivity index (χ2n) is 4.27. The Balaban J connectivity index is 1.94. The smallest absolute Gasteiger partial charge is 0.284 e. The molecule has 0 spiro atoms. The molecule has 0 saturated heterocycles. The number of halogens is 3. The first-order chi connectivity index (χ1) is 10.1. The first-order valence-electron chi connectivity index (χ1n) is 6.19. The van der Waals surface area contributed by atoms with E-state index in [1.807, 2.05) is 0 Å². The summed E-state index contributed by atoms with van der Waals surface area (Å²) in [6.07, 6.45) is 0. The first-order valence-corrected chi connectivity index (χ1v) is 7.61. The minimum absolute atomic E-state index is 0.0679. The van der Waals surface area contributed by atoms with E-state index in [2.05, 4.69) is 5.32 Å². The largest absolute Gasteiger partial charge is 0.463 e. The van der Waals surface area contributed by atoms with Crippen molar-refractivity contribution in [1.29, 1.82) is 0 Å². The maximum atomic E-state index is 12.1. The number of hydrogen-bond donors (Lipinski definition) is 2. The highest BCUT2D eigenvalue weighted by Gasteiger charge is 2.08. The third kappa shape index (κ3) is 4.91. The van der Waals surface area contributed by atoms with Crippen LogP contribution in [0, 0.1) is 0 Å². The molecule has 0 aliphatic rings. The topological polar surface area (TPSA) is 45.4 Å². The minimum Gasteiger partial charge on any atom is -0.463 e. The van der Waals surface area contributed by atoms with E-state index in [0.717, 1.165) is 5.56 Å². The number of furan rings is 1. The lowest BCUT2D eigenvalue weighted by Crippen LogP contribution is -1.99. The summed E-state index contributed by atoms with van der Waals surface area (Å²) in [4.78, 5) is 0. The Bertz CT molecular complexity index is 592. The normalized spacial score (nSPS) is 11.1. The predicted octanol–water partition coefficient (Wildman–Crippen LogP) is 4.49. The number of anilines is 1. The molecule has 0 bridgehead atoms. The third-order valence-corrected chi connectivity index (χ3v) is 3.77. The summed E-state index contributed by atoms with van der Waals surface area (Å²) in [6, 6.07) is 8.59. The van der Waals surface area contributed by atoms with Crippen molar-refractivity contribution < 1.29 is 18.3 Å². The Kier molecular flexibility index (Phi) is 5.90. The number of aliphatic hydroxyl groups excluding tert-OH is 1. The number of thioether (sulfide) groups is 1. The van der Waals surface area contributed by atoms with Crippen LogP contribution in [0.5, 0.6) is 0 Å². The molecular formula is C14H14ClF2NO2S. The summed E-state index contributed by atoms with van der Waals surface area (Å²) in [5.41, 5.74) is 1.43. The fraction of sp³-hybridized carbons (Fsp3) is 0.286. The van der Waals surface area contributed by atoms with Gasteiger partial charge in [0.15, 0.2) is 0 Å². The molecule has 0 aliphatic carbocycles. The molecule has 2 rings (SSSR count). The summed E-state index contributed by atoms with van der Waals surface area (Å²) in [5, 5.41) is 12.7. The van der Waals surface area contributed by atoms with Gasteiger partial charge in [-0.25, -0.2) is 0 Å². The molecule has 1 aromatic carbocycles. The molecular weight excluding hydrogens is 320 g/mol. The van der Waals surface area contributed by atoms with E-state index in [-0.39, 0.29) is 12.4 Å². The van der Waals surface area contributed by atoms with Gasteiger partial charge in [0.05, 0.1) is 29.6 Å². The van der Waals surface area contributed by atoms with E-state index < -0.39 is 5.76 Å². The summed E-state index contributed by atoms with van der Waals surface area (Å²) in [5.74, 6) is -1.13. The van der Waals surface area contributed by atoms with Crippen LogP contribution < -0.4 is 5.32 Å². The summed E-state index contributed by atoms with van der Waals surface area (Å²) in [7, 11) is 0. The molecule has 2 N–H and O–H groups in total. The summed E-state index contributed by atoms with van der Waals surface area (Å²) >= 11 is 6.57. The van der Waals surface area contributed by atoms with Crippen LogP contribution in [0.2, 0.25) is 5.02 Å². The zero-order chi connectivity index (χ0) is 15.2. The van der Waals surface area contributed by atoms with Crippen LogP contribution in [0.1, 0.15) is 17.1 Å². The van der Waals surface area contributed by atoms with Crippen molar-refractivity contribution in [3.05, 3.63) is 52.4 Å². The fourth-order valence-corrected chi connectivity index (χ4v) is 2.36. The van der Waals surface area contributed by atoms with Crippen molar-refractivity contribution >= 4 is 29.1 Å². The van der Waals surface area contributed by atoms with Crippen LogP contribution >= 0.6 is 23.4 Å². The molecule has 1 heterocycles. The summed E-state index contributed by atoms with van der Waals surface area (Å²) in [6.45, 7) is 0.315. The summed E-state index contributed by atoms with van der Waals surface area (Å²) < 4.78 is 29.6. The zero-order valence-corrected chi connectivity index (χ0v) is 12.6. The van der Waals surface area contributed by atoms with Crippen molar-refractivity contribution in [2.75, 3.05) is 5.32 Å². The quantitative estimate of drug-likeness (QED) is 0.783. The van der Waals surface area contributed by atoms with Crippen LogP contribution in [-0.2, 0) is 18.9 Å². The van der Waals surface area contributed by atoms with Gasteiger partial charge >= 0.3 is 0 Å². The van der Waals surface area contributed by atoms with Gasteiger partial charge in [0.25, 0.3) is 5.76 Å². The average Bonchev–Trinajstić information content (AvgIpc) is 2.92. The Labute approximate surface area is 130 Å². The minimum atomic E-state index is -2.41. The highest BCUT2D eigenvalue weighted by Crippen LogP contribution is 2.25. The van der Waals surface area contributed by atoms with E-state index in [1.54, 1.807) is 30.3 Å². The molecule has 0 radical (unpaired) electrons. The first kappa shape index (κ1) is 16.1. The van der Waals surface area contributed by atoms with Crippen molar-refractivity contribution in [3.63, 3.8) is 0 Å². The molecule has 2 aromatic rings. The van der Waals surface area contributed by atoms with Gasteiger partial charge in [-0.3, -0.25) is 0 Å². The van der Waals surface area contributed by atoms with Gasteiger partial charge in [-0.2, -0.15) is 8.78 Å². The Hall–Kier alpha value is -1.24. The molecule has 7 heteroatoms. The van der Waals surface area contributed by atoms with E-state index in [1.165, 1.54) is 0 Å². The molecule has 0 amide bonds. The Morgan fingerprint density at radius 3 is 2.71 bits per heavy atom. The number of nitrogens with one attached hydrogen (secondary N) is 1. The van der Waals surface area contributed by atoms with E-state index >= 15 is 0 Å². The van der Waals surface area contributed by atoms with E-state index in [9.17, 15) is 8.78 Å². The van der Waals surface area contributed by atoms with Crippen LogP contribution in [0.4, 0.5) is 14.5 Å². The molecule has 1 aromatic heterocycles. The van der Waals surface area contributed by atoms with Crippen molar-refractivity contribution in [3.8, 4) is 0 Å².